The predicted molar refractivity (Wildman–Crippen MR) is 79.2 cm³/mol. The number of nitrogens with zero attached hydrogens (tertiary/aromatic N) is 3. The van der Waals surface area contributed by atoms with Gasteiger partial charge < -0.3 is 19.6 Å². The van der Waals surface area contributed by atoms with Gasteiger partial charge in [0.1, 0.15) is 0 Å². The summed E-state index contributed by atoms with van der Waals surface area (Å²) in [4.78, 5) is 29.4. The molecule has 0 aliphatic carbocycles. The Morgan fingerprint density at radius 2 is 2.00 bits per heavy atom. The topological polar surface area (TPSA) is 73.3 Å². The van der Waals surface area contributed by atoms with Crippen LogP contribution in [-0.4, -0.2) is 96.2 Å². The van der Waals surface area contributed by atoms with E-state index in [1.807, 2.05) is 0 Å². The summed E-state index contributed by atoms with van der Waals surface area (Å²) >= 11 is 0. The molecule has 3 saturated heterocycles. The molecule has 2 amide bonds. The largest absolute Gasteiger partial charge is 0.387 e. The normalized spacial score (nSPS) is 30.3. The van der Waals surface area contributed by atoms with Gasteiger partial charge in [-0.05, 0) is 12.8 Å². The first-order valence-corrected chi connectivity index (χ1v) is 8.14. The first-order chi connectivity index (χ1) is 10.6. The highest BCUT2D eigenvalue weighted by molar-refractivity contribution is 5.86. The van der Waals surface area contributed by atoms with Gasteiger partial charge in [-0.1, -0.05) is 0 Å². The van der Waals surface area contributed by atoms with Crippen LogP contribution >= 0.6 is 0 Å². The molecule has 3 heterocycles. The average Bonchev–Trinajstić information content (AvgIpc) is 3.07. The van der Waals surface area contributed by atoms with Crippen molar-refractivity contribution in [2.75, 3.05) is 59.0 Å². The van der Waals surface area contributed by atoms with Gasteiger partial charge in [0.05, 0.1) is 31.9 Å². The molecule has 7 heteroatoms. The van der Waals surface area contributed by atoms with Gasteiger partial charge in [-0.3, -0.25) is 14.5 Å². The average molecular weight is 311 g/mol. The van der Waals surface area contributed by atoms with Crippen LogP contribution in [0.2, 0.25) is 0 Å². The number of amides is 2. The fraction of sp³-hybridized carbons (Fsp3) is 0.867. The van der Waals surface area contributed by atoms with Crippen LogP contribution in [0.25, 0.3) is 0 Å². The Kier molecular flexibility index (Phi) is 4.65. The van der Waals surface area contributed by atoms with E-state index in [0.717, 1.165) is 19.5 Å². The van der Waals surface area contributed by atoms with Crippen LogP contribution in [0.5, 0.6) is 0 Å². The van der Waals surface area contributed by atoms with Crippen LogP contribution in [0.1, 0.15) is 19.3 Å². The minimum Gasteiger partial charge on any atom is -0.387 e. The van der Waals surface area contributed by atoms with E-state index >= 15 is 0 Å². The van der Waals surface area contributed by atoms with E-state index < -0.39 is 5.60 Å². The minimum absolute atomic E-state index is 0.0480. The standard InChI is InChI=1S/C15H25N3O4/c19-13-2-1-4-17(13)10-14(20)18-5-3-15(21,12-18)11-16-6-8-22-9-7-16/h21H,1-12H2/t15-/m1/s1. The maximum absolute atomic E-state index is 12.3. The van der Waals surface area contributed by atoms with E-state index in [-0.39, 0.29) is 18.4 Å². The molecule has 3 rings (SSSR count). The fourth-order valence-corrected chi connectivity index (χ4v) is 3.51. The summed E-state index contributed by atoms with van der Waals surface area (Å²) < 4.78 is 5.32. The van der Waals surface area contributed by atoms with E-state index in [0.29, 0.717) is 52.2 Å². The number of β-amino-alcohol motifs (C(OH)–C–C–N with tert-alkyl or cyclic N) is 1. The molecule has 124 valence electrons. The Morgan fingerprint density at radius 3 is 2.68 bits per heavy atom. The molecule has 7 nitrogen and oxygen atoms in total. The molecule has 0 bridgehead atoms. The Bertz CT molecular complexity index is 439. The smallest absolute Gasteiger partial charge is 0.242 e. The van der Waals surface area contributed by atoms with Crippen LogP contribution in [0.4, 0.5) is 0 Å². The van der Waals surface area contributed by atoms with Gasteiger partial charge in [-0.15, -0.1) is 0 Å². The van der Waals surface area contributed by atoms with E-state index in [2.05, 4.69) is 4.90 Å². The second-order valence-corrected chi connectivity index (χ2v) is 6.60. The van der Waals surface area contributed by atoms with Crippen molar-refractivity contribution >= 4 is 11.8 Å². The molecule has 3 aliphatic rings. The monoisotopic (exact) mass is 311 g/mol. The number of morpholine rings is 1. The molecule has 0 aromatic carbocycles. The van der Waals surface area contributed by atoms with E-state index in [1.54, 1.807) is 9.80 Å². The number of ether oxygens (including phenoxy) is 1. The fourth-order valence-electron chi connectivity index (χ4n) is 3.51. The first kappa shape index (κ1) is 15.7. The lowest BCUT2D eigenvalue weighted by molar-refractivity contribution is -0.138. The second-order valence-electron chi connectivity index (χ2n) is 6.60. The Hall–Kier alpha value is -1.18. The molecule has 1 atom stereocenters. The Labute approximate surface area is 130 Å². The summed E-state index contributed by atoms with van der Waals surface area (Å²) in [6, 6.07) is 0. The van der Waals surface area contributed by atoms with Crippen molar-refractivity contribution in [2.24, 2.45) is 0 Å². The minimum atomic E-state index is -0.831. The van der Waals surface area contributed by atoms with Crippen LogP contribution in [0.15, 0.2) is 0 Å². The highest BCUT2D eigenvalue weighted by Crippen LogP contribution is 2.23. The molecule has 3 fully saturated rings. The molecule has 0 saturated carbocycles. The summed E-state index contributed by atoms with van der Waals surface area (Å²) in [6.07, 6.45) is 1.99. The van der Waals surface area contributed by atoms with Crippen molar-refractivity contribution in [1.29, 1.82) is 0 Å². The van der Waals surface area contributed by atoms with Gasteiger partial charge >= 0.3 is 0 Å². The number of carbonyl (C=O) groups excluding carboxylic acids is 2. The molecule has 0 unspecified atom stereocenters. The Balaban J connectivity index is 1.49. The predicted octanol–water partition coefficient (Wildman–Crippen LogP) is -1.10. The van der Waals surface area contributed by atoms with Crippen molar-refractivity contribution in [3.63, 3.8) is 0 Å². The molecular formula is C15H25N3O4. The van der Waals surface area contributed by atoms with Gasteiger partial charge in [0.25, 0.3) is 0 Å². The molecular weight excluding hydrogens is 286 g/mol. The number of hydrogen-bond donors (Lipinski definition) is 1. The summed E-state index contributed by atoms with van der Waals surface area (Å²) in [5.41, 5.74) is -0.831. The zero-order valence-electron chi connectivity index (χ0n) is 13.0. The number of aliphatic hydroxyl groups is 1. The second kappa shape index (κ2) is 6.52. The molecule has 0 radical (unpaired) electrons. The van der Waals surface area contributed by atoms with Crippen molar-refractivity contribution in [2.45, 2.75) is 24.9 Å². The van der Waals surface area contributed by atoms with Crippen molar-refractivity contribution in [3.8, 4) is 0 Å². The quantitative estimate of drug-likeness (QED) is 0.714. The summed E-state index contributed by atoms with van der Waals surface area (Å²) in [6.45, 7) is 5.43. The highest BCUT2D eigenvalue weighted by atomic mass is 16.5. The van der Waals surface area contributed by atoms with Crippen LogP contribution < -0.4 is 0 Å². The highest BCUT2D eigenvalue weighted by Gasteiger charge is 2.40. The third kappa shape index (κ3) is 3.59. The Morgan fingerprint density at radius 1 is 1.23 bits per heavy atom. The van der Waals surface area contributed by atoms with Crippen LogP contribution in [-0.2, 0) is 14.3 Å². The van der Waals surface area contributed by atoms with Gasteiger partial charge in [-0.25, -0.2) is 0 Å². The summed E-state index contributed by atoms with van der Waals surface area (Å²) in [5, 5.41) is 10.7. The maximum Gasteiger partial charge on any atom is 0.242 e. The zero-order chi connectivity index (χ0) is 15.6. The number of rotatable bonds is 4. The van der Waals surface area contributed by atoms with Crippen molar-refractivity contribution in [1.82, 2.24) is 14.7 Å². The van der Waals surface area contributed by atoms with E-state index in [4.69, 9.17) is 4.74 Å². The van der Waals surface area contributed by atoms with Gasteiger partial charge in [0.2, 0.25) is 11.8 Å². The first-order valence-electron chi connectivity index (χ1n) is 8.14. The van der Waals surface area contributed by atoms with Gasteiger partial charge in [0, 0.05) is 39.1 Å². The number of carbonyl (C=O) groups is 2. The lowest BCUT2D eigenvalue weighted by atomic mass is 10.0. The van der Waals surface area contributed by atoms with Crippen molar-refractivity contribution in [3.05, 3.63) is 0 Å². The van der Waals surface area contributed by atoms with E-state index in [1.165, 1.54) is 0 Å². The van der Waals surface area contributed by atoms with Crippen molar-refractivity contribution < 1.29 is 19.4 Å². The summed E-state index contributed by atoms with van der Waals surface area (Å²) in [7, 11) is 0. The number of hydrogen-bond acceptors (Lipinski definition) is 5. The lowest BCUT2D eigenvalue weighted by Gasteiger charge is -2.33. The maximum atomic E-state index is 12.3. The summed E-state index contributed by atoms with van der Waals surface area (Å²) in [5.74, 6) is 0.0178. The SMILES string of the molecule is O=C1CCCN1CC(=O)N1CC[C@@](O)(CN2CCOCC2)C1. The van der Waals surface area contributed by atoms with Crippen LogP contribution in [0.3, 0.4) is 0 Å². The third-order valence-corrected chi connectivity index (χ3v) is 4.80. The molecule has 0 spiro atoms. The molecule has 0 aromatic heterocycles. The molecule has 22 heavy (non-hydrogen) atoms. The molecule has 0 aromatic rings. The lowest BCUT2D eigenvalue weighted by Crippen LogP contribution is -2.49. The van der Waals surface area contributed by atoms with Gasteiger partial charge in [-0.2, -0.15) is 0 Å². The van der Waals surface area contributed by atoms with Gasteiger partial charge in [0.15, 0.2) is 0 Å². The van der Waals surface area contributed by atoms with E-state index in [9.17, 15) is 14.7 Å². The molecule has 3 aliphatic heterocycles. The van der Waals surface area contributed by atoms with Crippen LogP contribution in [0, 0.1) is 0 Å². The third-order valence-electron chi connectivity index (χ3n) is 4.80. The zero-order valence-corrected chi connectivity index (χ0v) is 13.0. The number of likely N-dealkylation sites (tertiary alicyclic amines) is 2. The molecule has 1 N–H and O–H groups in total.